The summed E-state index contributed by atoms with van der Waals surface area (Å²) in [6.45, 7) is 1.29. The number of hydrogen-bond donors (Lipinski definition) is 3. The number of carboxylic acids is 1. The largest absolute Gasteiger partial charge is 0.479 e. The Morgan fingerprint density at radius 2 is 1.94 bits per heavy atom. The van der Waals surface area contributed by atoms with E-state index in [9.17, 15) is 14.7 Å². The number of halogens is 1. The number of aliphatic hydroxyl groups excluding tert-OH is 1. The second-order valence-electron chi connectivity index (χ2n) is 3.53. The molecule has 0 saturated carbocycles. The van der Waals surface area contributed by atoms with E-state index < -0.39 is 17.5 Å². The molecule has 4 nitrogen and oxygen atoms in total. The van der Waals surface area contributed by atoms with Crippen molar-refractivity contribution in [2.24, 2.45) is 0 Å². The van der Waals surface area contributed by atoms with Gasteiger partial charge in [0, 0.05) is 4.90 Å². The van der Waals surface area contributed by atoms with Crippen molar-refractivity contribution >= 4 is 36.0 Å². The molecule has 1 aromatic rings. The molecule has 17 heavy (non-hydrogen) atoms. The SMILES string of the molecule is CC(=O)C(Cl)c1ccc(S)cc1C(O)C(=O)O. The lowest BCUT2D eigenvalue weighted by molar-refractivity contribution is -0.147. The number of ketones is 1. The van der Waals surface area contributed by atoms with Gasteiger partial charge in [-0.3, -0.25) is 4.79 Å². The number of thiol groups is 1. The van der Waals surface area contributed by atoms with Crippen LogP contribution in [0.2, 0.25) is 0 Å². The fourth-order valence-corrected chi connectivity index (χ4v) is 1.79. The van der Waals surface area contributed by atoms with Gasteiger partial charge in [0.2, 0.25) is 0 Å². The quantitative estimate of drug-likeness (QED) is 0.580. The van der Waals surface area contributed by atoms with Gasteiger partial charge < -0.3 is 10.2 Å². The standard InChI is InChI=1S/C11H11ClO4S/c1-5(13)9(12)7-3-2-6(17)4-8(7)10(14)11(15)16/h2-4,9-10,14,17H,1H3,(H,15,16). The number of carbonyl (C=O) groups excluding carboxylic acids is 1. The molecule has 2 atom stereocenters. The van der Waals surface area contributed by atoms with Gasteiger partial charge in [-0.1, -0.05) is 6.07 Å². The first kappa shape index (κ1) is 14.0. The van der Waals surface area contributed by atoms with Crippen molar-refractivity contribution in [1.29, 1.82) is 0 Å². The van der Waals surface area contributed by atoms with Crippen LogP contribution in [-0.4, -0.2) is 22.0 Å². The maximum atomic E-state index is 11.2. The topological polar surface area (TPSA) is 74.6 Å². The normalized spacial score (nSPS) is 14.1. The highest BCUT2D eigenvalue weighted by Crippen LogP contribution is 2.30. The van der Waals surface area contributed by atoms with Crippen LogP contribution < -0.4 is 0 Å². The first-order chi connectivity index (χ1) is 7.84. The Bertz CT molecular complexity index is 461. The summed E-state index contributed by atoms with van der Waals surface area (Å²) in [7, 11) is 0. The van der Waals surface area contributed by atoms with Gasteiger partial charge >= 0.3 is 5.97 Å². The third-order valence-electron chi connectivity index (χ3n) is 2.23. The predicted molar refractivity (Wildman–Crippen MR) is 65.6 cm³/mol. The molecule has 0 saturated heterocycles. The molecular weight excluding hydrogens is 264 g/mol. The zero-order valence-corrected chi connectivity index (χ0v) is 10.6. The average Bonchev–Trinajstić information content (AvgIpc) is 2.26. The highest BCUT2D eigenvalue weighted by atomic mass is 35.5. The third kappa shape index (κ3) is 3.21. The van der Waals surface area contributed by atoms with Crippen LogP contribution >= 0.6 is 24.2 Å². The fourth-order valence-electron chi connectivity index (χ4n) is 1.38. The molecule has 0 heterocycles. The van der Waals surface area contributed by atoms with Crippen molar-refractivity contribution in [3.05, 3.63) is 29.3 Å². The minimum atomic E-state index is -1.72. The summed E-state index contributed by atoms with van der Waals surface area (Å²) in [6.07, 6.45) is -1.72. The molecule has 2 unspecified atom stereocenters. The summed E-state index contributed by atoms with van der Waals surface area (Å²) in [5, 5.41) is 17.3. The first-order valence-corrected chi connectivity index (χ1v) is 5.61. The van der Waals surface area contributed by atoms with Crippen molar-refractivity contribution < 1.29 is 19.8 Å². The van der Waals surface area contributed by atoms with Gasteiger partial charge in [0.05, 0.1) is 0 Å². The second kappa shape index (κ2) is 5.53. The first-order valence-electron chi connectivity index (χ1n) is 4.72. The molecule has 0 aliphatic rings. The van der Waals surface area contributed by atoms with Gasteiger partial charge in [0.25, 0.3) is 0 Å². The zero-order valence-electron chi connectivity index (χ0n) is 8.92. The van der Waals surface area contributed by atoms with Crippen molar-refractivity contribution in [3.8, 4) is 0 Å². The molecule has 0 aliphatic carbocycles. The Morgan fingerprint density at radius 3 is 2.41 bits per heavy atom. The summed E-state index contributed by atoms with van der Waals surface area (Å²) in [6, 6.07) is 4.45. The molecule has 0 bridgehead atoms. The number of Topliss-reactive ketones (excluding diaryl/α,β-unsaturated/α-hetero) is 1. The minimum absolute atomic E-state index is 0.0835. The van der Waals surface area contributed by atoms with E-state index in [1.165, 1.54) is 19.1 Å². The Labute approximate surface area is 109 Å². The Morgan fingerprint density at radius 1 is 1.35 bits per heavy atom. The minimum Gasteiger partial charge on any atom is -0.479 e. The van der Waals surface area contributed by atoms with Crippen LogP contribution in [0.25, 0.3) is 0 Å². The van der Waals surface area contributed by atoms with Crippen molar-refractivity contribution in [2.75, 3.05) is 0 Å². The maximum Gasteiger partial charge on any atom is 0.337 e. The molecule has 0 amide bonds. The van der Waals surface area contributed by atoms with Gasteiger partial charge in [-0.05, 0) is 30.2 Å². The monoisotopic (exact) mass is 274 g/mol. The highest BCUT2D eigenvalue weighted by Gasteiger charge is 2.25. The molecule has 0 radical (unpaired) electrons. The number of aliphatic carboxylic acids is 1. The Hall–Kier alpha value is -1.04. The van der Waals surface area contributed by atoms with Gasteiger partial charge in [-0.2, -0.15) is 0 Å². The smallest absolute Gasteiger partial charge is 0.337 e. The lowest BCUT2D eigenvalue weighted by Crippen LogP contribution is -2.15. The predicted octanol–water partition coefficient (Wildman–Crippen LogP) is 1.96. The summed E-state index contributed by atoms with van der Waals surface area (Å²) in [5.74, 6) is -1.73. The molecule has 1 rings (SSSR count). The molecule has 0 fully saturated rings. The third-order valence-corrected chi connectivity index (χ3v) is 3.05. The van der Waals surface area contributed by atoms with Gasteiger partial charge in [-0.15, -0.1) is 24.2 Å². The van der Waals surface area contributed by atoms with Crippen LogP contribution in [-0.2, 0) is 9.59 Å². The molecule has 1 aromatic carbocycles. The molecule has 0 aliphatic heterocycles. The number of carbonyl (C=O) groups is 2. The molecular formula is C11H11ClO4S. The molecule has 0 spiro atoms. The van der Waals surface area contributed by atoms with Crippen LogP contribution in [0, 0.1) is 0 Å². The molecule has 6 heteroatoms. The van der Waals surface area contributed by atoms with E-state index in [1.807, 2.05) is 0 Å². The number of aliphatic hydroxyl groups is 1. The molecule has 0 aromatic heterocycles. The maximum absolute atomic E-state index is 11.2. The van der Waals surface area contributed by atoms with Crippen LogP contribution in [0.1, 0.15) is 29.5 Å². The van der Waals surface area contributed by atoms with Crippen molar-refractivity contribution in [3.63, 3.8) is 0 Å². The van der Waals surface area contributed by atoms with Gasteiger partial charge in [-0.25, -0.2) is 4.79 Å². The van der Waals surface area contributed by atoms with E-state index in [0.717, 1.165) is 0 Å². The lowest BCUT2D eigenvalue weighted by Gasteiger charge is -2.15. The number of benzene rings is 1. The van der Waals surface area contributed by atoms with E-state index in [2.05, 4.69) is 12.6 Å². The zero-order chi connectivity index (χ0) is 13.2. The summed E-state index contributed by atoms with van der Waals surface area (Å²) in [5.41, 5.74) is 0.368. The van der Waals surface area contributed by atoms with Crippen molar-refractivity contribution in [2.45, 2.75) is 23.3 Å². The lowest BCUT2D eigenvalue weighted by atomic mass is 9.98. The fraction of sp³-hybridized carbons (Fsp3) is 0.273. The van der Waals surface area contributed by atoms with E-state index >= 15 is 0 Å². The number of carboxylic acid groups (broad SMARTS) is 1. The summed E-state index contributed by atoms with van der Waals surface area (Å²) in [4.78, 5) is 22.4. The number of alkyl halides is 1. The van der Waals surface area contributed by atoms with Crippen LogP contribution in [0.15, 0.2) is 23.1 Å². The number of hydrogen-bond acceptors (Lipinski definition) is 4. The van der Waals surface area contributed by atoms with Crippen molar-refractivity contribution in [1.82, 2.24) is 0 Å². The number of rotatable bonds is 4. The average molecular weight is 275 g/mol. The van der Waals surface area contributed by atoms with E-state index in [0.29, 0.717) is 4.90 Å². The van der Waals surface area contributed by atoms with E-state index in [-0.39, 0.29) is 16.9 Å². The van der Waals surface area contributed by atoms with Crippen LogP contribution in [0.4, 0.5) is 0 Å². The summed E-state index contributed by atoms with van der Waals surface area (Å²) >= 11 is 9.92. The Balaban J connectivity index is 3.30. The highest BCUT2D eigenvalue weighted by molar-refractivity contribution is 7.80. The van der Waals surface area contributed by atoms with E-state index in [4.69, 9.17) is 16.7 Å². The Kier molecular flexibility index (Phi) is 4.56. The molecule has 2 N–H and O–H groups in total. The van der Waals surface area contributed by atoms with Crippen LogP contribution in [0.3, 0.4) is 0 Å². The van der Waals surface area contributed by atoms with Gasteiger partial charge in [0.1, 0.15) is 5.38 Å². The summed E-state index contributed by atoms with van der Waals surface area (Å²) < 4.78 is 0. The van der Waals surface area contributed by atoms with Gasteiger partial charge in [0.15, 0.2) is 11.9 Å². The van der Waals surface area contributed by atoms with Crippen LogP contribution in [0.5, 0.6) is 0 Å². The second-order valence-corrected chi connectivity index (χ2v) is 4.48. The molecule has 92 valence electrons. The van der Waals surface area contributed by atoms with E-state index in [1.54, 1.807) is 6.07 Å².